The van der Waals surface area contributed by atoms with Crippen molar-refractivity contribution in [3.05, 3.63) is 29.6 Å². The number of hydrogen-bond donors (Lipinski definition) is 0. The summed E-state index contributed by atoms with van der Waals surface area (Å²) in [5.41, 5.74) is 0.315. The smallest absolute Gasteiger partial charge is 0.166 e. The average Bonchev–Trinajstić information content (AvgIpc) is 2.32. The monoisotopic (exact) mass is 234 g/mol. The molecule has 4 heteroatoms. The minimum Gasteiger partial charge on any atom is -0.486 e. The maximum Gasteiger partial charge on any atom is 0.166 e. The van der Waals surface area contributed by atoms with Crippen molar-refractivity contribution in [2.45, 2.75) is 18.9 Å². The molecule has 0 aliphatic carbocycles. The van der Waals surface area contributed by atoms with E-state index >= 15 is 0 Å². The van der Waals surface area contributed by atoms with Crippen LogP contribution in [0.15, 0.2) is 18.2 Å². The van der Waals surface area contributed by atoms with Crippen molar-refractivity contribution < 1.29 is 9.13 Å². The van der Waals surface area contributed by atoms with E-state index < -0.39 is 5.82 Å². The van der Waals surface area contributed by atoms with Gasteiger partial charge < -0.3 is 9.64 Å². The predicted octanol–water partition coefficient (Wildman–Crippen LogP) is 2.17. The van der Waals surface area contributed by atoms with Crippen molar-refractivity contribution >= 4 is 0 Å². The summed E-state index contributed by atoms with van der Waals surface area (Å²) in [6.45, 7) is 1.88. The summed E-state index contributed by atoms with van der Waals surface area (Å²) in [5.74, 6) is -0.221. The summed E-state index contributed by atoms with van der Waals surface area (Å²) in [5, 5.41) is 8.64. The van der Waals surface area contributed by atoms with E-state index in [1.54, 1.807) is 6.07 Å². The zero-order valence-electron chi connectivity index (χ0n) is 9.82. The minimum absolute atomic E-state index is 0.0381. The zero-order valence-corrected chi connectivity index (χ0v) is 9.82. The van der Waals surface area contributed by atoms with Gasteiger partial charge in [-0.25, -0.2) is 4.39 Å². The number of piperidine rings is 1. The van der Waals surface area contributed by atoms with E-state index in [1.165, 1.54) is 12.1 Å². The van der Waals surface area contributed by atoms with Gasteiger partial charge in [0, 0.05) is 6.54 Å². The molecule has 1 atom stereocenters. The molecule has 1 aromatic carbocycles. The quantitative estimate of drug-likeness (QED) is 0.786. The minimum atomic E-state index is -0.461. The van der Waals surface area contributed by atoms with E-state index in [4.69, 9.17) is 10.00 Å². The molecule has 0 saturated carbocycles. The molecule has 1 saturated heterocycles. The van der Waals surface area contributed by atoms with Gasteiger partial charge in [-0.15, -0.1) is 0 Å². The first-order valence-electron chi connectivity index (χ1n) is 5.74. The van der Waals surface area contributed by atoms with E-state index in [9.17, 15) is 4.39 Å². The summed E-state index contributed by atoms with van der Waals surface area (Å²) in [7, 11) is 2.03. The number of nitrogens with zero attached hydrogens (tertiary/aromatic N) is 2. The summed E-state index contributed by atoms with van der Waals surface area (Å²) in [6.07, 6.45) is 2.05. The molecule has 1 aliphatic heterocycles. The van der Waals surface area contributed by atoms with Crippen molar-refractivity contribution in [2.24, 2.45) is 0 Å². The second-order valence-electron chi connectivity index (χ2n) is 4.40. The van der Waals surface area contributed by atoms with Crippen LogP contribution in [0.3, 0.4) is 0 Å². The van der Waals surface area contributed by atoms with Crippen molar-refractivity contribution in [1.82, 2.24) is 4.90 Å². The standard InChI is InChI=1S/C13H15FN2O/c1-16-6-2-3-11(9-16)17-13-5-4-10(8-15)7-12(13)14/h4-5,7,11H,2-3,6,9H2,1H3. The lowest BCUT2D eigenvalue weighted by Crippen LogP contribution is -2.38. The van der Waals surface area contributed by atoms with Crippen LogP contribution < -0.4 is 4.74 Å². The van der Waals surface area contributed by atoms with Gasteiger partial charge in [0.2, 0.25) is 0 Å². The molecule has 0 bridgehead atoms. The van der Waals surface area contributed by atoms with Crippen LogP contribution in [0.4, 0.5) is 4.39 Å². The Morgan fingerprint density at radius 3 is 3.00 bits per heavy atom. The number of hydrogen-bond acceptors (Lipinski definition) is 3. The van der Waals surface area contributed by atoms with Crippen LogP contribution in [0.2, 0.25) is 0 Å². The molecule has 2 rings (SSSR count). The third-order valence-electron chi connectivity index (χ3n) is 2.94. The molecule has 17 heavy (non-hydrogen) atoms. The van der Waals surface area contributed by atoms with Gasteiger partial charge in [0.15, 0.2) is 11.6 Å². The Kier molecular flexibility index (Phi) is 3.60. The molecule has 1 heterocycles. The van der Waals surface area contributed by atoms with Gasteiger partial charge >= 0.3 is 0 Å². The Hall–Kier alpha value is -1.60. The fourth-order valence-corrected chi connectivity index (χ4v) is 2.06. The van der Waals surface area contributed by atoms with Gasteiger partial charge in [-0.05, 0) is 44.6 Å². The molecule has 3 nitrogen and oxygen atoms in total. The summed E-state index contributed by atoms with van der Waals surface area (Å²) < 4.78 is 19.2. The highest BCUT2D eigenvalue weighted by atomic mass is 19.1. The third kappa shape index (κ3) is 2.95. The zero-order chi connectivity index (χ0) is 12.3. The molecule has 1 aliphatic rings. The SMILES string of the molecule is CN1CCCC(Oc2ccc(C#N)cc2F)C1. The maximum absolute atomic E-state index is 13.6. The number of likely N-dealkylation sites (tertiary alicyclic amines) is 1. The Balaban J connectivity index is 2.06. The van der Waals surface area contributed by atoms with Gasteiger partial charge in [0.1, 0.15) is 6.10 Å². The first-order valence-corrected chi connectivity index (χ1v) is 5.74. The average molecular weight is 234 g/mol. The Labute approximate surface area is 100 Å². The van der Waals surface area contributed by atoms with Crippen LogP contribution >= 0.6 is 0 Å². The normalized spacial score (nSPS) is 20.9. The number of likely N-dealkylation sites (N-methyl/N-ethyl adjacent to an activating group) is 1. The molecule has 90 valence electrons. The number of ether oxygens (including phenoxy) is 1. The number of rotatable bonds is 2. The lowest BCUT2D eigenvalue weighted by molar-refractivity contribution is 0.100. The van der Waals surface area contributed by atoms with Gasteiger partial charge in [-0.2, -0.15) is 5.26 Å². The van der Waals surface area contributed by atoms with Gasteiger partial charge in [-0.1, -0.05) is 0 Å². The van der Waals surface area contributed by atoms with Gasteiger partial charge in [0.25, 0.3) is 0 Å². The van der Waals surface area contributed by atoms with Crippen molar-refractivity contribution in [1.29, 1.82) is 5.26 Å². The van der Waals surface area contributed by atoms with Crippen LogP contribution in [-0.4, -0.2) is 31.1 Å². The lowest BCUT2D eigenvalue weighted by atomic mass is 10.1. The third-order valence-corrected chi connectivity index (χ3v) is 2.94. The molecule has 0 amide bonds. The summed E-state index contributed by atoms with van der Waals surface area (Å²) in [4.78, 5) is 2.18. The van der Waals surface area contributed by atoms with Crippen LogP contribution in [0, 0.1) is 17.1 Å². The number of benzene rings is 1. The Morgan fingerprint density at radius 1 is 1.53 bits per heavy atom. The van der Waals surface area contributed by atoms with E-state index in [-0.39, 0.29) is 11.9 Å². The molecule has 0 radical (unpaired) electrons. The molecular formula is C13H15FN2O. The second kappa shape index (κ2) is 5.15. The van der Waals surface area contributed by atoms with Crippen molar-refractivity contribution in [3.8, 4) is 11.8 Å². The highest BCUT2D eigenvalue weighted by Crippen LogP contribution is 2.22. The second-order valence-corrected chi connectivity index (χ2v) is 4.40. The summed E-state index contributed by atoms with van der Waals surface area (Å²) >= 11 is 0. The molecule has 0 aromatic heterocycles. The van der Waals surface area contributed by atoms with Crippen molar-refractivity contribution in [2.75, 3.05) is 20.1 Å². The number of nitriles is 1. The van der Waals surface area contributed by atoms with Crippen LogP contribution in [-0.2, 0) is 0 Å². The van der Waals surface area contributed by atoms with Gasteiger partial charge in [-0.3, -0.25) is 0 Å². The van der Waals surface area contributed by atoms with E-state index in [1.807, 2.05) is 13.1 Å². The Bertz CT molecular complexity index is 442. The molecule has 1 aromatic rings. The number of halogens is 1. The summed E-state index contributed by atoms with van der Waals surface area (Å²) in [6, 6.07) is 6.22. The predicted molar refractivity (Wildman–Crippen MR) is 62.3 cm³/mol. The van der Waals surface area contributed by atoms with Gasteiger partial charge in [0.05, 0.1) is 11.6 Å². The van der Waals surface area contributed by atoms with Crippen molar-refractivity contribution in [3.63, 3.8) is 0 Å². The lowest BCUT2D eigenvalue weighted by Gasteiger charge is -2.30. The van der Waals surface area contributed by atoms with Crippen LogP contribution in [0.5, 0.6) is 5.75 Å². The highest BCUT2D eigenvalue weighted by molar-refractivity contribution is 5.36. The first-order chi connectivity index (χ1) is 8.19. The maximum atomic E-state index is 13.6. The fraction of sp³-hybridized carbons (Fsp3) is 0.462. The Morgan fingerprint density at radius 2 is 2.35 bits per heavy atom. The van der Waals surface area contributed by atoms with Crippen LogP contribution in [0.1, 0.15) is 18.4 Å². The molecule has 0 N–H and O–H groups in total. The molecule has 0 spiro atoms. The highest BCUT2D eigenvalue weighted by Gasteiger charge is 2.19. The van der Waals surface area contributed by atoms with E-state index in [2.05, 4.69) is 4.90 Å². The van der Waals surface area contributed by atoms with E-state index in [0.717, 1.165) is 25.9 Å². The largest absolute Gasteiger partial charge is 0.486 e. The molecule has 1 unspecified atom stereocenters. The van der Waals surface area contributed by atoms with Crippen LogP contribution in [0.25, 0.3) is 0 Å². The first kappa shape index (κ1) is 11.9. The van der Waals surface area contributed by atoms with E-state index in [0.29, 0.717) is 5.56 Å². The molecule has 1 fully saturated rings. The molecular weight excluding hydrogens is 219 g/mol. The topological polar surface area (TPSA) is 36.3 Å². The fourth-order valence-electron chi connectivity index (χ4n) is 2.06.